The van der Waals surface area contributed by atoms with E-state index >= 15 is 0 Å². The van der Waals surface area contributed by atoms with Crippen molar-refractivity contribution in [1.29, 1.82) is 0 Å². The lowest BCUT2D eigenvalue weighted by Crippen LogP contribution is -1.95. The zero-order valence-corrected chi connectivity index (χ0v) is 10.1. The van der Waals surface area contributed by atoms with Crippen LogP contribution in [0.25, 0.3) is 0 Å². The van der Waals surface area contributed by atoms with Crippen molar-refractivity contribution in [2.24, 2.45) is 0 Å². The normalized spacial score (nSPS) is 12.7. The lowest BCUT2D eigenvalue weighted by atomic mass is 10.1. The molecule has 0 atom stereocenters. The van der Waals surface area contributed by atoms with Crippen molar-refractivity contribution in [3.8, 4) is 11.6 Å². The Labute approximate surface area is 105 Å². The fraction of sp³-hybridized carbons (Fsp3) is 0.231. The first-order chi connectivity index (χ1) is 8.85. The van der Waals surface area contributed by atoms with E-state index < -0.39 is 0 Å². The number of nitrogens with zero attached hydrogens (tertiary/aromatic N) is 2. The Morgan fingerprint density at radius 1 is 1.28 bits per heavy atom. The van der Waals surface area contributed by atoms with Gasteiger partial charge in [-0.1, -0.05) is 0 Å². The summed E-state index contributed by atoms with van der Waals surface area (Å²) in [6.07, 6.45) is 2.52. The molecule has 0 amide bonds. The van der Waals surface area contributed by atoms with Gasteiger partial charge in [-0.15, -0.1) is 0 Å². The number of fused-ring (bicyclic) bond motifs is 1. The van der Waals surface area contributed by atoms with E-state index in [9.17, 15) is 0 Å². The summed E-state index contributed by atoms with van der Waals surface area (Å²) >= 11 is 0. The minimum atomic E-state index is 0.542. The van der Waals surface area contributed by atoms with Crippen molar-refractivity contribution < 1.29 is 4.74 Å². The highest BCUT2D eigenvalue weighted by atomic mass is 16.5. The summed E-state index contributed by atoms with van der Waals surface area (Å²) in [5.74, 6) is 2.08. The van der Waals surface area contributed by atoms with Crippen molar-refractivity contribution in [3.63, 3.8) is 0 Å². The van der Waals surface area contributed by atoms with Crippen LogP contribution in [0.15, 0.2) is 30.6 Å². The van der Waals surface area contributed by atoms with Crippen LogP contribution in [0.5, 0.6) is 11.6 Å². The molecule has 0 unspecified atom stereocenters. The molecule has 0 aliphatic carbocycles. The molecular weight excluding hydrogens is 228 g/mol. The monoisotopic (exact) mass is 242 g/mol. The third kappa shape index (κ3) is 2.07. The molecule has 0 saturated carbocycles. The Morgan fingerprint density at radius 2 is 2.22 bits per heavy atom. The molecular formula is C13H14N4O. The highest BCUT2D eigenvalue weighted by Crippen LogP contribution is 2.29. The third-order valence-electron chi connectivity index (χ3n) is 2.91. The number of anilines is 2. The van der Waals surface area contributed by atoms with E-state index in [0.29, 0.717) is 5.88 Å². The molecule has 0 bridgehead atoms. The van der Waals surface area contributed by atoms with Crippen LogP contribution < -0.4 is 15.4 Å². The molecule has 0 radical (unpaired) electrons. The molecule has 2 N–H and O–H groups in total. The zero-order valence-electron chi connectivity index (χ0n) is 10.1. The lowest BCUT2D eigenvalue weighted by Gasteiger charge is -2.07. The van der Waals surface area contributed by atoms with Crippen molar-refractivity contribution >= 4 is 11.5 Å². The van der Waals surface area contributed by atoms with E-state index in [0.717, 1.165) is 24.5 Å². The largest absolute Gasteiger partial charge is 0.439 e. The van der Waals surface area contributed by atoms with Gasteiger partial charge in [-0.3, -0.25) is 0 Å². The van der Waals surface area contributed by atoms with Crippen LogP contribution in [0, 0.1) is 0 Å². The molecule has 0 saturated heterocycles. The molecule has 92 valence electrons. The van der Waals surface area contributed by atoms with Crippen molar-refractivity contribution in [2.75, 3.05) is 24.2 Å². The summed E-state index contributed by atoms with van der Waals surface area (Å²) in [6.45, 7) is 0.996. The fourth-order valence-corrected chi connectivity index (χ4v) is 2.00. The van der Waals surface area contributed by atoms with Gasteiger partial charge in [0.25, 0.3) is 0 Å². The second-order valence-corrected chi connectivity index (χ2v) is 4.09. The SMILES string of the molecule is CNc1cc(Oc2ccc3c(c2)CCN3)ncn1. The first-order valence-electron chi connectivity index (χ1n) is 5.89. The Bertz CT molecular complexity index is 571. The highest BCUT2D eigenvalue weighted by Gasteiger charge is 2.11. The van der Waals surface area contributed by atoms with Crippen molar-refractivity contribution in [3.05, 3.63) is 36.2 Å². The molecule has 18 heavy (non-hydrogen) atoms. The predicted molar refractivity (Wildman–Crippen MR) is 70.3 cm³/mol. The van der Waals surface area contributed by atoms with Crippen LogP contribution in [-0.2, 0) is 6.42 Å². The molecule has 1 aromatic heterocycles. The van der Waals surface area contributed by atoms with Gasteiger partial charge in [-0.05, 0) is 30.2 Å². The molecule has 5 nitrogen and oxygen atoms in total. The fourth-order valence-electron chi connectivity index (χ4n) is 2.00. The average molecular weight is 242 g/mol. The number of ether oxygens (including phenoxy) is 1. The molecule has 0 fully saturated rings. The Kier molecular flexibility index (Phi) is 2.72. The maximum Gasteiger partial charge on any atom is 0.224 e. The third-order valence-corrected chi connectivity index (χ3v) is 2.91. The molecule has 2 heterocycles. The molecule has 0 spiro atoms. The average Bonchev–Trinajstić information content (AvgIpc) is 2.86. The summed E-state index contributed by atoms with van der Waals surface area (Å²) in [5.41, 5.74) is 2.48. The van der Waals surface area contributed by atoms with Crippen LogP contribution >= 0.6 is 0 Å². The molecule has 2 aromatic rings. The van der Waals surface area contributed by atoms with Crippen molar-refractivity contribution in [1.82, 2.24) is 9.97 Å². The Balaban J connectivity index is 1.83. The minimum Gasteiger partial charge on any atom is -0.439 e. The smallest absolute Gasteiger partial charge is 0.224 e. The zero-order chi connectivity index (χ0) is 12.4. The Morgan fingerprint density at radius 3 is 3.11 bits per heavy atom. The molecule has 1 aromatic carbocycles. The first kappa shape index (κ1) is 10.8. The predicted octanol–water partition coefficient (Wildman–Crippen LogP) is 2.28. The van der Waals surface area contributed by atoms with E-state index in [1.54, 1.807) is 6.07 Å². The number of benzene rings is 1. The Hall–Kier alpha value is -2.30. The van der Waals surface area contributed by atoms with Gasteiger partial charge < -0.3 is 15.4 Å². The lowest BCUT2D eigenvalue weighted by molar-refractivity contribution is 0.461. The molecule has 5 heteroatoms. The maximum absolute atomic E-state index is 5.73. The number of hydrogen-bond acceptors (Lipinski definition) is 5. The van der Waals surface area contributed by atoms with Crippen LogP contribution in [0.4, 0.5) is 11.5 Å². The van der Waals surface area contributed by atoms with Crippen LogP contribution in [0.1, 0.15) is 5.56 Å². The van der Waals surface area contributed by atoms with Gasteiger partial charge >= 0.3 is 0 Å². The van der Waals surface area contributed by atoms with Gasteiger partial charge in [-0.2, -0.15) is 0 Å². The number of aromatic nitrogens is 2. The van der Waals surface area contributed by atoms with Gasteiger partial charge in [0.15, 0.2) is 0 Å². The van der Waals surface area contributed by atoms with E-state index in [-0.39, 0.29) is 0 Å². The number of nitrogens with one attached hydrogen (secondary N) is 2. The van der Waals surface area contributed by atoms with E-state index in [1.807, 2.05) is 19.2 Å². The van der Waals surface area contributed by atoms with Crippen LogP contribution in [-0.4, -0.2) is 23.6 Å². The quantitative estimate of drug-likeness (QED) is 0.864. The van der Waals surface area contributed by atoms with Crippen molar-refractivity contribution in [2.45, 2.75) is 6.42 Å². The van der Waals surface area contributed by atoms with Gasteiger partial charge in [0.05, 0.1) is 0 Å². The second kappa shape index (κ2) is 4.52. The molecule has 1 aliphatic rings. The number of hydrogen-bond donors (Lipinski definition) is 2. The highest BCUT2D eigenvalue weighted by molar-refractivity contribution is 5.58. The maximum atomic E-state index is 5.73. The van der Waals surface area contributed by atoms with Crippen LogP contribution in [0.2, 0.25) is 0 Å². The summed E-state index contributed by atoms with van der Waals surface area (Å²) < 4.78 is 5.73. The van der Waals surface area contributed by atoms with Gasteiger partial charge in [-0.25, -0.2) is 9.97 Å². The topological polar surface area (TPSA) is 59.1 Å². The molecule has 3 rings (SSSR count). The summed E-state index contributed by atoms with van der Waals surface area (Å²) in [6, 6.07) is 7.80. The van der Waals surface area contributed by atoms with Gasteiger partial charge in [0, 0.05) is 25.3 Å². The van der Waals surface area contributed by atoms with Gasteiger partial charge in [0.1, 0.15) is 17.9 Å². The standard InChI is InChI=1S/C13H14N4O/c1-14-12-7-13(17-8-16-12)18-10-2-3-11-9(6-10)4-5-15-11/h2-3,6-8,15H,4-5H2,1H3,(H,14,16,17). The van der Waals surface area contributed by atoms with E-state index in [4.69, 9.17) is 4.74 Å². The van der Waals surface area contributed by atoms with Gasteiger partial charge in [0.2, 0.25) is 5.88 Å². The minimum absolute atomic E-state index is 0.542. The summed E-state index contributed by atoms with van der Waals surface area (Å²) in [5, 5.41) is 6.27. The second-order valence-electron chi connectivity index (χ2n) is 4.09. The summed E-state index contributed by atoms with van der Waals surface area (Å²) in [4.78, 5) is 8.13. The molecule has 1 aliphatic heterocycles. The van der Waals surface area contributed by atoms with E-state index in [2.05, 4.69) is 26.7 Å². The van der Waals surface area contributed by atoms with Crippen LogP contribution in [0.3, 0.4) is 0 Å². The summed E-state index contributed by atoms with van der Waals surface area (Å²) in [7, 11) is 1.81. The first-order valence-corrected chi connectivity index (χ1v) is 5.89. The van der Waals surface area contributed by atoms with E-state index in [1.165, 1.54) is 17.6 Å². The number of rotatable bonds is 3.